The van der Waals surface area contributed by atoms with Gasteiger partial charge >= 0.3 is 0 Å². The molecule has 184 valence electrons. The summed E-state index contributed by atoms with van der Waals surface area (Å²) in [5.74, 6) is -0.181. The van der Waals surface area contributed by atoms with E-state index in [0.717, 1.165) is 36.2 Å². The maximum Gasteiger partial charge on any atom is 0.243 e. The van der Waals surface area contributed by atoms with E-state index < -0.39 is 10.0 Å². The quantitative estimate of drug-likeness (QED) is 0.660. The van der Waals surface area contributed by atoms with E-state index in [1.54, 1.807) is 0 Å². The van der Waals surface area contributed by atoms with Crippen molar-refractivity contribution in [1.82, 2.24) is 9.21 Å². The van der Waals surface area contributed by atoms with Crippen molar-refractivity contribution in [2.75, 3.05) is 44.2 Å². The summed E-state index contributed by atoms with van der Waals surface area (Å²) in [5, 5.41) is 0. The molecular weight excluding hydrogens is 446 g/mol. The van der Waals surface area contributed by atoms with Crippen LogP contribution >= 0.6 is 0 Å². The number of benzene rings is 2. The zero-order valence-corrected chi connectivity index (χ0v) is 21.9. The molecule has 2 heterocycles. The Morgan fingerprint density at radius 3 is 2.18 bits per heavy atom. The molecule has 2 aliphatic heterocycles. The highest BCUT2D eigenvalue weighted by molar-refractivity contribution is 7.89. The van der Waals surface area contributed by atoms with Gasteiger partial charge in [-0.15, -0.1) is 0 Å². The van der Waals surface area contributed by atoms with Gasteiger partial charge in [-0.2, -0.15) is 4.31 Å². The number of amides is 1. The van der Waals surface area contributed by atoms with Crippen LogP contribution in [-0.4, -0.2) is 62.8 Å². The molecule has 0 saturated carbocycles. The molecule has 2 aromatic carbocycles. The maximum atomic E-state index is 13.5. The third-order valence-corrected chi connectivity index (χ3v) is 9.62. The van der Waals surface area contributed by atoms with Crippen molar-refractivity contribution in [1.29, 1.82) is 0 Å². The van der Waals surface area contributed by atoms with E-state index in [4.69, 9.17) is 0 Å². The molecule has 4 rings (SSSR count). The van der Waals surface area contributed by atoms with Crippen LogP contribution in [0.25, 0.3) is 0 Å². The Bertz CT molecular complexity index is 1160. The SMILES string of the molecule is Cc1cc(C)c(S(=O)(=O)N2CCC[C@@H](C(=O)N3CCN(c4cccc(C)c4C)CC3)C2)c(C)c1. The average molecular weight is 484 g/mol. The molecule has 0 aromatic heterocycles. The molecule has 7 heteroatoms. The van der Waals surface area contributed by atoms with E-state index in [0.29, 0.717) is 31.0 Å². The number of carbonyl (C=O) groups is 1. The normalized spacial score (nSPS) is 20.0. The first-order valence-electron chi connectivity index (χ1n) is 12.3. The Balaban J connectivity index is 1.44. The summed E-state index contributed by atoms with van der Waals surface area (Å²) in [7, 11) is -3.64. The molecule has 1 atom stereocenters. The van der Waals surface area contributed by atoms with Crippen molar-refractivity contribution in [3.63, 3.8) is 0 Å². The molecule has 0 aliphatic carbocycles. The molecule has 34 heavy (non-hydrogen) atoms. The van der Waals surface area contributed by atoms with Gasteiger partial charge in [-0.1, -0.05) is 29.8 Å². The minimum atomic E-state index is -3.64. The summed E-state index contributed by atoms with van der Waals surface area (Å²) in [4.78, 5) is 18.1. The molecule has 2 aromatic rings. The van der Waals surface area contributed by atoms with E-state index in [-0.39, 0.29) is 18.4 Å². The molecule has 0 radical (unpaired) electrons. The highest BCUT2D eigenvalue weighted by Gasteiger charge is 2.37. The number of piperidine rings is 1. The van der Waals surface area contributed by atoms with Crippen LogP contribution in [0.15, 0.2) is 35.2 Å². The predicted molar refractivity (Wildman–Crippen MR) is 137 cm³/mol. The summed E-state index contributed by atoms with van der Waals surface area (Å²) in [6, 6.07) is 10.2. The third kappa shape index (κ3) is 4.73. The minimum Gasteiger partial charge on any atom is -0.368 e. The highest BCUT2D eigenvalue weighted by atomic mass is 32.2. The number of hydrogen-bond donors (Lipinski definition) is 0. The second-order valence-electron chi connectivity index (χ2n) is 9.96. The van der Waals surface area contributed by atoms with Crippen LogP contribution in [0.4, 0.5) is 5.69 Å². The Hall–Kier alpha value is -2.38. The summed E-state index contributed by atoms with van der Waals surface area (Å²) < 4.78 is 28.6. The van der Waals surface area contributed by atoms with Gasteiger partial charge in [-0.05, 0) is 75.8 Å². The average Bonchev–Trinajstić information content (AvgIpc) is 2.80. The first kappa shape index (κ1) is 24.7. The number of hydrogen-bond acceptors (Lipinski definition) is 4. The fourth-order valence-corrected chi connectivity index (χ4v) is 7.50. The van der Waals surface area contributed by atoms with Crippen molar-refractivity contribution in [3.8, 4) is 0 Å². The number of anilines is 1. The Morgan fingerprint density at radius 2 is 1.53 bits per heavy atom. The number of nitrogens with zero attached hydrogens (tertiary/aromatic N) is 3. The van der Waals surface area contributed by atoms with E-state index in [9.17, 15) is 13.2 Å². The standard InChI is InChI=1S/C27H37N3O3S/c1-19-16-21(3)26(22(4)17-19)34(32,33)30-11-7-9-24(18-30)27(31)29-14-12-28(13-15-29)25-10-6-8-20(2)23(25)5/h6,8,10,16-17,24H,7,9,11-15,18H2,1-5H3/t24-/m1/s1. The molecule has 2 saturated heterocycles. The van der Waals surface area contributed by atoms with Crippen LogP contribution < -0.4 is 4.90 Å². The minimum absolute atomic E-state index is 0.0952. The van der Waals surface area contributed by atoms with Crippen LogP contribution in [0.5, 0.6) is 0 Å². The number of sulfonamides is 1. The zero-order chi connectivity index (χ0) is 24.6. The van der Waals surface area contributed by atoms with Crippen molar-refractivity contribution in [2.45, 2.75) is 52.4 Å². The summed E-state index contributed by atoms with van der Waals surface area (Å²) in [6.45, 7) is 13.6. The molecule has 0 bridgehead atoms. The van der Waals surface area contributed by atoms with E-state index in [2.05, 4.69) is 36.9 Å². The smallest absolute Gasteiger partial charge is 0.243 e. The van der Waals surface area contributed by atoms with Gasteiger partial charge in [0.2, 0.25) is 15.9 Å². The van der Waals surface area contributed by atoms with Gasteiger partial charge in [-0.25, -0.2) is 8.42 Å². The van der Waals surface area contributed by atoms with Crippen molar-refractivity contribution >= 4 is 21.6 Å². The topological polar surface area (TPSA) is 60.9 Å². The van der Waals surface area contributed by atoms with Crippen LogP contribution in [0.2, 0.25) is 0 Å². The number of carbonyl (C=O) groups excluding carboxylic acids is 1. The Kier molecular flexibility index (Phi) is 7.06. The van der Waals surface area contributed by atoms with Crippen LogP contribution in [0.3, 0.4) is 0 Å². The summed E-state index contributed by atoms with van der Waals surface area (Å²) in [6.07, 6.45) is 1.45. The molecule has 0 unspecified atom stereocenters. The lowest BCUT2D eigenvalue weighted by molar-refractivity contribution is -0.137. The fraction of sp³-hybridized carbons (Fsp3) is 0.519. The lowest BCUT2D eigenvalue weighted by Crippen LogP contribution is -2.53. The lowest BCUT2D eigenvalue weighted by Gasteiger charge is -2.40. The molecular formula is C27H37N3O3S. The Labute approximate surface area is 204 Å². The second-order valence-corrected chi connectivity index (χ2v) is 11.8. The number of aryl methyl sites for hydroxylation is 4. The van der Waals surface area contributed by atoms with E-state index in [1.165, 1.54) is 21.1 Å². The molecule has 2 fully saturated rings. The summed E-state index contributed by atoms with van der Waals surface area (Å²) >= 11 is 0. The first-order chi connectivity index (χ1) is 16.1. The molecule has 0 N–H and O–H groups in total. The van der Waals surface area contributed by atoms with Gasteiger partial charge in [0.25, 0.3) is 0 Å². The van der Waals surface area contributed by atoms with Crippen molar-refractivity contribution in [2.24, 2.45) is 5.92 Å². The van der Waals surface area contributed by atoms with E-state index >= 15 is 0 Å². The predicted octanol–water partition coefficient (Wildman–Crippen LogP) is 3.98. The van der Waals surface area contributed by atoms with Crippen LogP contribution in [-0.2, 0) is 14.8 Å². The van der Waals surface area contributed by atoms with Gasteiger partial charge in [0, 0.05) is 45.0 Å². The van der Waals surface area contributed by atoms with Crippen LogP contribution in [0.1, 0.15) is 40.7 Å². The molecule has 6 nitrogen and oxygen atoms in total. The van der Waals surface area contributed by atoms with Crippen molar-refractivity contribution < 1.29 is 13.2 Å². The number of rotatable bonds is 4. The molecule has 1 amide bonds. The monoisotopic (exact) mass is 483 g/mol. The largest absolute Gasteiger partial charge is 0.368 e. The maximum absolute atomic E-state index is 13.5. The van der Waals surface area contributed by atoms with Gasteiger partial charge in [0.15, 0.2) is 0 Å². The Morgan fingerprint density at radius 1 is 0.882 bits per heavy atom. The zero-order valence-electron chi connectivity index (χ0n) is 21.1. The third-order valence-electron chi connectivity index (χ3n) is 7.44. The van der Waals surface area contributed by atoms with Gasteiger partial charge < -0.3 is 9.80 Å². The van der Waals surface area contributed by atoms with Gasteiger partial charge in [0.05, 0.1) is 10.8 Å². The van der Waals surface area contributed by atoms with E-state index in [1.807, 2.05) is 37.8 Å². The lowest BCUT2D eigenvalue weighted by atomic mass is 9.97. The molecule has 2 aliphatic rings. The highest BCUT2D eigenvalue weighted by Crippen LogP contribution is 2.30. The second kappa shape index (κ2) is 9.70. The first-order valence-corrected chi connectivity index (χ1v) is 13.7. The number of piperazine rings is 1. The van der Waals surface area contributed by atoms with Crippen LogP contribution in [0, 0.1) is 40.5 Å². The van der Waals surface area contributed by atoms with Gasteiger partial charge in [-0.3, -0.25) is 4.79 Å². The summed E-state index contributed by atoms with van der Waals surface area (Å²) in [5.41, 5.74) is 6.41. The fourth-order valence-electron chi connectivity index (χ4n) is 5.57. The molecule has 0 spiro atoms. The van der Waals surface area contributed by atoms with Crippen molar-refractivity contribution in [3.05, 3.63) is 58.1 Å². The van der Waals surface area contributed by atoms with Gasteiger partial charge in [0.1, 0.15) is 0 Å².